The number of halogens is 1. The van der Waals surface area contributed by atoms with Gasteiger partial charge in [0.2, 0.25) is 0 Å². The van der Waals surface area contributed by atoms with Crippen LogP contribution in [0, 0.1) is 0 Å². The number of primary amides is 1. The van der Waals surface area contributed by atoms with Crippen molar-refractivity contribution in [2.24, 2.45) is 5.73 Å². The van der Waals surface area contributed by atoms with E-state index in [0.717, 1.165) is 16.0 Å². The van der Waals surface area contributed by atoms with Crippen molar-refractivity contribution in [1.82, 2.24) is 5.32 Å². The topological polar surface area (TPSA) is 76.6 Å². The van der Waals surface area contributed by atoms with Gasteiger partial charge in [0.05, 0.1) is 7.05 Å². The molecular weight excluding hydrogens is 314 g/mol. The van der Waals surface area contributed by atoms with Crippen LogP contribution in [0.5, 0.6) is 0 Å². The van der Waals surface area contributed by atoms with Gasteiger partial charge in [-0.05, 0) is 12.1 Å². The zero-order chi connectivity index (χ0) is 16.8. The first-order chi connectivity index (χ1) is 11.0. The fraction of sp³-hybridized carbons (Fsp3) is 0.176. The van der Waals surface area contributed by atoms with Crippen molar-refractivity contribution < 1.29 is 14.5 Å². The van der Waals surface area contributed by atoms with Crippen LogP contribution in [0.2, 0.25) is 5.02 Å². The normalized spacial score (nSPS) is 13.1. The van der Waals surface area contributed by atoms with Gasteiger partial charge < -0.3 is 10.6 Å². The highest BCUT2D eigenvalue weighted by atomic mass is 35.5. The van der Waals surface area contributed by atoms with Gasteiger partial charge in [0.15, 0.2) is 6.04 Å². The van der Waals surface area contributed by atoms with Crippen LogP contribution < -0.4 is 16.0 Å². The molecular formula is C17H19ClN3O2+. The maximum atomic E-state index is 12.4. The Morgan fingerprint density at radius 3 is 2.48 bits per heavy atom. The Labute approximate surface area is 140 Å². The molecule has 2 aromatic rings. The molecule has 1 unspecified atom stereocenters. The van der Waals surface area contributed by atoms with Crippen molar-refractivity contribution in [3.8, 4) is 0 Å². The highest BCUT2D eigenvalue weighted by molar-refractivity contribution is 6.30. The fourth-order valence-electron chi connectivity index (χ4n) is 2.57. The van der Waals surface area contributed by atoms with E-state index in [0.29, 0.717) is 11.6 Å². The van der Waals surface area contributed by atoms with Crippen molar-refractivity contribution in [2.75, 3.05) is 7.05 Å². The first-order valence-electron chi connectivity index (χ1n) is 7.19. The molecule has 3 amide bonds. The van der Waals surface area contributed by atoms with Gasteiger partial charge in [-0.15, -0.1) is 0 Å². The van der Waals surface area contributed by atoms with Gasteiger partial charge in [-0.2, -0.15) is 0 Å². The minimum Gasteiger partial charge on any atom is -0.351 e. The molecule has 0 aliphatic rings. The summed E-state index contributed by atoms with van der Waals surface area (Å²) < 4.78 is 0. The fourth-order valence-corrected chi connectivity index (χ4v) is 2.78. The molecule has 0 aliphatic carbocycles. The Kier molecular flexibility index (Phi) is 5.73. The van der Waals surface area contributed by atoms with Crippen molar-refractivity contribution in [3.05, 3.63) is 70.7 Å². The Morgan fingerprint density at radius 1 is 1.17 bits per heavy atom. The van der Waals surface area contributed by atoms with Gasteiger partial charge in [-0.1, -0.05) is 54.1 Å². The number of benzene rings is 2. The molecule has 0 radical (unpaired) electrons. The van der Waals surface area contributed by atoms with Crippen molar-refractivity contribution in [2.45, 2.75) is 12.6 Å². The molecule has 23 heavy (non-hydrogen) atoms. The van der Waals surface area contributed by atoms with Crippen molar-refractivity contribution in [3.63, 3.8) is 0 Å². The Morgan fingerprint density at radius 2 is 1.87 bits per heavy atom. The lowest BCUT2D eigenvalue weighted by atomic mass is 10.0. The number of carbonyl (C=O) groups is 2. The van der Waals surface area contributed by atoms with Gasteiger partial charge in [0, 0.05) is 16.1 Å². The summed E-state index contributed by atoms with van der Waals surface area (Å²) in [7, 11) is 1.89. The number of amides is 3. The summed E-state index contributed by atoms with van der Waals surface area (Å²) >= 11 is 6.01. The number of likely N-dealkylation sites (N-methyl/N-ethyl adjacent to an activating group) is 1. The van der Waals surface area contributed by atoms with Gasteiger partial charge in [-0.3, -0.25) is 10.1 Å². The number of nitrogens with one attached hydrogen (secondary N) is 2. The monoisotopic (exact) mass is 332 g/mol. The molecule has 0 saturated carbocycles. The van der Waals surface area contributed by atoms with Crippen LogP contribution in [-0.2, 0) is 11.3 Å². The van der Waals surface area contributed by atoms with Gasteiger partial charge in [0.25, 0.3) is 5.91 Å². The van der Waals surface area contributed by atoms with E-state index in [9.17, 15) is 9.59 Å². The van der Waals surface area contributed by atoms with E-state index in [2.05, 4.69) is 5.32 Å². The number of nitrogens with two attached hydrogens (primary N) is 1. The lowest BCUT2D eigenvalue weighted by Gasteiger charge is -2.24. The smallest absolute Gasteiger partial charge is 0.319 e. The number of imide groups is 1. The summed E-state index contributed by atoms with van der Waals surface area (Å²) in [6, 6.07) is 15.4. The molecule has 0 bridgehead atoms. The maximum absolute atomic E-state index is 12.4. The van der Waals surface area contributed by atoms with Crippen LogP contribution in [-0.4, -0.2) is 19.0 Å². The molecule has 0 aliphatic heterocycles. The standard InChI is InChI=1S/C17H18ClN3O2/c1-21(11-12-6-5-9-14(18)10-12)15(16(22)20-17(19)23)13-7-3-2-4-8-13/h2-10,15H,11H2,1H3,(H3,19,20,22,23)/p+1/t15-/m1/s1. The molecule has 0 aromatic heterocycles. The molecule has 0 saturated heterocycles. The van der Waals surface area contributed by atoms with Crippen LogP contribution in [0.15, 0.2) is 54.6 Å². The highest BCUT2D eigenvalue weighted by Gasteiger charge is 2.29. The van der Waals surface area contributed by atoms with Gasteiger partial charge >= 0.3 is 6.03 Å². The van der Waals surface area contributed by atoms with Crippen molar-refractivity contribution in [1.29, 1.82) is 0 Å². The molecule has 120 valence electrons. The average Bonchev–Trinajstić information content (AvgIpc) is 2.47. The van der Waals surface area contributed by atoms with Gasteiger partial charge in [-0.25, -0.2) is 4.79 Å². The van der Waals surface area contributed by atoms with E-state index in [1.165, 1.54) is 0 Å². The second-order valence-electron chi connectivity index (χ2n) is 5.35. The third-order valence-electron chi connectivity index (χ3n) is 3.51. The zero-order valence-electron chi connectivity index (χ0n) is 12.8. The van der Waals surface area contributed by atoms with E-state index in [4.69, 9.17) is 17.3 Å². The summed E-state index contributed by atoms with van der Waals surface area (Å²) in [5, 5.41) is 2.82. The van der Waals surface area contributed by atoms with E-state index in [1.807, 2.05) is 55.6 Å². The molecule has 5 nitrogen and oxygen atoms in total. The first-order valence-corrected chi connectivity index (χ1v) is 7.57. The third-order valence-corrected chi connectivity index (χ3v) is 3.74. The Hall–Kier alpha value is -2.37. The number of hydrogen-bond donors (Lipinski definition) is 3. The third kappa shape index (κ3) is 4.81. The second kappa shape index (κ2) is 7.76. The number of quaternary nitrogens is 1. The van der Waals surface area contributed by atoms with Crippen LogP contribution in [0.1, 0.15) is 17.2 Å². The molecule has 0 fully saturated rings. The molecule has 6 heteroatoms. The summed E-state index contributed by atoms with van der Waals surface area (Å²) in [5.41, 5.74) is 6.90. The van der Waals surface area contributed by atoms with Crippen LogP contribution in [0.25, 0.3) is 0 Å². The summed E-state index contributed by atoms with van der Waals surface area (Å²) in [5.74, 6) is -0.428. The summed E-state index contributed by atoms with van der Waals surface area (Å²) in [6.45, 7) is 0.576. The largest absolute Gasteiger partial charge is 0.351 e. The van der Waals surface area contributed by atoms with E-state index >= 15 is 0 Å². The predicted octanol–water partition coefficient (Wildman–Crippen LogP) is 1.29. The van der Waals surface area contributed by atoms with E-state index in [1.54, 1.807) is 6.07 Å². The number of urea groups is 1. The lowest BCUT2D eigenvalue weighted by Crippen LogP contribution is -3.09. The van der Waals surface area contributed by atoms with Gasteiger partial charge in [0.1, 0.15) is 6.54 Å². The van der Waals surface area contributed by atoms with E-state index < -0.39 is 18.0 Å². The molecule has 2 atom stereocenters. The quantitative estimate of drug-likeness (QED) is 0.771. The van der Waals surface area contributed by atoms with Crippen LogP contribution in [0.3, 0.4) is 0 Å². The predicted molar refractivity (Wildman–Crippen MR) is 89.0 cm³/mol. The minimum absolute atomic E-state index is 0.428. The number of rotatable bonds is 5. The Balaban J connectivity index is 2.25. The number of hydrogen-bond acceptors (Lipinski definition) is 2. The van der Waals surface area contributed by atoms with E-state index in [-0.39, 0.29) is 0 Å². The molecule has 2 rings (SSSR count). The van der Waals surface area contributed by atoms with Crippen LogP contribution >= 0.6 is 11.6 Å². The molecule has 4 N–H and O–H groups in total. The zero-order valence-corrected chi connectivity index (χ0v) is 13.5. The molecule has 2 aromatic carbocycles. The summed E-state index contributed by atoms with van der Waals surface area (Å²) in [6.07, 6.45) is 0. The SMILES string of the molecule is C[NH+](Cc1cccc(Cl)c1)[C@@H](C(=O)NC(N)=O)c1ccccc1. The highest BCUT2D eigenvalue weighted by Crippen LogP contribution is 2.12. The lowest BCUT2D eigenvalue weighted by molar-refractivity contribution is -0.916. The first kappa shape index (κ1) is 17.0. The Bertz CT molecular complexity index is 691. The second-order valence-corrected chi connectivity index (χ2v) is 5.79. The summed E-state index contributed by atoms with van der Waals surface area (Å²) in [4.78, 5) is 24.3. The minimum atomic E-state index is -0.855. The number of carbonyl (C=O) groups excluding carboxylic acids is 2. The average molecular weight is 333 g/mol. The maximum Gasteiger partial charge on any atom is 0.319 e. The molecule has 0 spiro atoms. The molecule has 0 heterocycles. The van der Waals surface area contributed by atoms with Crippen molar-refractivity contribution >= 4 is 23.5 Å². The van der Waals surface area contributed by atoms with Crippen LogP contribution in [0.4, 0.5) is 4.79 Å².